The summed E-state index contributed by atoms with van der Waals surface area (Å²) < 4.78 is 10.8. The summed E-state index contributed by atoms with van der Waals surface area (Å²) >= 11 is 1.15. The van der Waals surface area contributed by atoms with Gasteiger partial charge in [0, 0.05) is 37.4 Å². The minimum Gasteiger partial charge on any atom is -0.486 e. The molecule has 2 aromatic carbocycles. The van der Waals surface area contributed by atoms with E-state index >= 15 is 0 Å². The average Bonchev–Trinajstić information content (AvgIpc) is 3.65. The zero-order chi connectivity index (χ0) is 25.6. The number of para-hydroxylation sites is 1. The number of furan rings is 1. The van der Waals surface area contributed by atoms with E-state index in [4.69, 9.17) is 9.15 Å². The summed E-state index contributed by atoms with van der Waals surface area (Å²) in [7, 11) is 0. The van der Waals surface area contributed by atoms with Gasteiger partial charge in [-0.3, -0.25) is 14.4 Å². The van der Waals surface area contributed by atoms with Crippen LogP contribution in [0, 0.1) is 0 Å². The van der Waals surface area contributed by atoms with Crippen molar-refractivity contribution in [2.75, 3.05) is 31.5 Å². The Hall–Kier alpha value is -4.51. The van der Waals surface area contributed by atoms with Crippen LogP contribution in [0.1, 0.15) is 35.7 Å². The lowest BCUT2D eigenvalue weighted by Gasteiger charge is -2.34. The molecule has 0 unspecified atom stereocenters. The van der Waals surface area contributed by atoms with Gasteiger partial charge < -0.3 is 24.3 Å². The second-order valence-corrected chi connectivity index (χ2v) is 9.26. The van der Waals surface area contributed by atoms with Crippen LogP contribution in [0.4, 0.5) is 5.69 Å². The van der Waals surface area contributed by atoms with Gasteiger partial charge in [0.05, 0.1) is 6.26 Å². The first-order chi connectivity index (χ1) is 18.1. The van der Waals surface area contributed by atoms with Gasteiger partial charge in [0.15, 0.2) is 10.8 Å². The van der Waals surface area contributed by atoms with E-state index in [1.807, 2.05) is 30.3 Å². The molecule has 37 heavy (non-hydrogen) atoms. The number of carbonyl (C=O) groups is 3. The molecule has 0 aliphatic carbocycles. The molecule has 0 atom stereocenters. The van der Waals surface area contributed by atoms with Crippen molar-refractivity contribution in [3.63, 3.8) is 0 Å². The van der Waals surface area contributed by atoms with Gasteiger partial charge in [-0.25, -0.2) is 0 Å². The highest BCUT2D eigenvalue weighted by molar-refractivity contribution is 7.13. The van der Waals surface area contributed by atoms with Crippen molar-refractivity contribution in [2.24, 2.45) is 0 Å². The van der Waals surface area contributed by atoms with Crippen molar-refractivity contribution < 1.29 is 23.5 Å². The van der Waals surface area contributed by atoms with Crippen LogP contribution in [0.3, 0.4) is 0 Å². The Bertz CT molecular complexity index is 1360. The van der Waals surface area contributed by atoms with Crippen molar-refractivity contribution in [2.45, 2.75) is 6.61 Å². The highest BCUT2D eigenvalue weighted by Gasteiger charge is 2.26. The Morgan fingerprint density at radius 3 is 2.24 bits per heavy atom. The molecule has 2 aromatic heterocycles. The van der Waals surface area contributed by atoms with Crippen LogP contribution < -0.4 is 10.1 Å². The van der Waals surface area contributed by atoms with Crippen LogP contribution in [-0.4, -0.2) is 63.9 Å². The van der Waals surface area contributed by atoms with E-state index < -0.39 is 0 Å². The van der Waals surface area contributed by atoms with Crippen molar-refractivity contribution >= 4 is 34.7 Å². The predicted octanol–water partition coefficient (Wildman–Crippen LogP) is 3.56. The summed E-state index contributed by atoms with van der Waals surface area (Å²) in [5.41, 5.74) is 1.03. The number of benzene rings is 2. The lowest BCUT2D eigenvalue weighted by molar-refractivity contribution is 0.0518. The molecule has 0 saturated carbocycles. The van der Waals surface area contributed by atoms with E-state index in [-0.39, 0.29) is 29.3 Å². The standard InChI is InChI=1S/C26H23N5O5S/c32-23(24-29-28-22(37-24)17-36-20-5-2-1-3-6-20)27-19-10-8-18(9-11-19)25(33)30-12-14-31(15-13-30)26(34)21-7-4-16-35-21/h1-11,16H,12-15,17H2,(H,27,32). The summed E-state index contributed by atoms with van der Waals surface area (Å²) in [4.78, 5) is 41.3. The zero-order valence-electron chi connectivity index (χ0n) is 19.7. The number of carbonyl (C=O) groups excluding carboxylic acids is 3. The number of nitrogens with one attached hydrogen (secondary N) is 1. The third kappa shape index (κ3) is 5.84. The molecule has 188 valence electrons. The van der Waals surface area contributed by atoms with Crippen LogP contribution in [0.5, 0.6) is 5.75 Å². The minimum absolute atomic E-state index is 0.129. The van der Waals surface area contributed by atoms with E-state index in [1.54, 1.807) is 46.2 Å². The molecule has 11 heteroatoms. The molecule has 3 heterocycles. The summed E-state index contributed by atoms with van der Waals surface area (Å²) in [6.45, 7) is 1.94. The molecule has 0 radical (unpaired) electrons. The Morgan fingerprint density at radius 1 is 0.865 bits per heavy atom. The zero-order valence-corrected chi connectivity index (χ0v) is 20.5. The molecule has 1 aliphatic rings. The Kier molecular flexibility index (Phi) is 7.22. The van der Waals surface area contributed by atoms with E-state index in [9.17, 15) is 14.4 Å². The molecule has 1 fully saturated rings. The van der Waals surface area contributed by atoms with Crippen LogP contribution >= 0.6 is 11.3 Å². The normalized spacial score (nSPS) is 13.3. The lowest BCUT2D eigenvalue weighted by atomic mass is 10.1. The number of rotatable bonds is 7. The minimum atomic E-state index is -0.389. The molecule has 4 aromatic rings. The summed E-state index contributed by atoms with van der Waals surface area (Å²) in [6, 6.07) is 19.3. The maximum Gasteiger partial charge on any atom is 0.289 e. The van der Waals surface area contributed by atoms with Crippen LogP contribution in [0.2, 0.25) is 0 Å². The summed E-state index contributed by atoms with van der Waals surface area (Å²) in [5.74, 6) is 0.309. The van der Waals surface area contributed by atoms with Crippen LogP contribution in [-0.2, 0) is 6.61 Å². The number of hydrogen-bond acceptors (Lipinski definition) is 8. The van der Waals surface area contributed by atoms with Gasteiger partial charge in [0.1, 0.15) is 12.4 Å². The van der Waals surface area contributed by atoms with E-state index in [0.717, 1.165) is 11.3 Å². The fraction of sp³-hybridized carbons (Fsp3) is 0.192. The van der Waals surface area contributed by atoms with Gasteiger partial charge in [-0.2, -0.15) is 0 Å². The molecule has 1 aliphatic heterocycles. The van der Waals surface area contributed by atoms with Gasteiger partial charge in [-0.15, -0.1) is 10.2 Å². The largest absolute Gasteiger partial charge is 0.486 e. The van der Waals surface area contributed by atoms with Crippen molar-refractivity contribution in [3.8, 4) is 5.75 Å². The van der Waals surface area contributed by atoms with Crippen LogP contribution in [0.25, 0.3) is 0 Å². The molecular formula is C26H23N5O5S. The van der Waals surface area contributed by atoms with Gasteiger partial charge in [-0.1, -0.05) is 29.5 Å². The fourth-order valence-electron chi connectivity index (χ4n) is 3.80. The number of aromatic nitrogens is 2. The quantitative estimate of drug-likeness (QED) is 0.398. The molecular weight excluding hydrogens is 494 g/mol. The second-order valence-electron chi connectivity index (χ2n) is 8.20. The maximum absolute atomic E-state index is 12.9. The smallest absolute Gasteiger partial charge is 0.289 e. The molecule has 3 amide bonds. The van der Waals surface area contributed by atoms with E-state index in [1.165, 1.54) is 6.26 Å². The number of hydrogen-bond donors (Lipinski definition) is 1. The highest BCUT2D eigenvalue weighted by Crippen LogP contribution is 2.18. The number of amides is 3. The predicted molar refractivity (Wildman–Crippen MR) is 136 cm³/mol. The van der Waals surface area contributed by atoms with Gasteiger partial charge in [0.2, 0.25) is 5.01 Å². The first-order valence-electron chi connectivity index (χ1n) is 11.6. The summed E-state index contributed by atoms with van der Waals surface area (Å²) in [5, 5.41) is 11.5. The first kappa shape index (κ1) is 24.2. The topological polar surface area (TPSA) is 118 Å². The maximum atomic E-state index is 12.9. The van der Waals surface area contributed by atoms with Crippen molar-refractivity contribution in [3.05, 3.63) is 94.3 Å². The fourth-order valence-corrected chi connectivity index (χ4v) is 4.45. The molecule has 1 saturated heterocycles. The second kappa shape index (κ2) is 11.0. The molecule has 0 spiro atoms. The van der Waals surface area contributed by atoms with Gasteiger partial charge >= 0.3 is 0 Å². The number of ether oxygens (including phenoxy) is 1. The summed E-state index contributed by atoms with van der Waals surface area (Å²) in [6.07, 6.45) is 1.46. The van der Waals surface area contributed by atoms with Crippen molar-refractivity contribution in [1.29, 1.82) is 0 Å². The third-order valence-corrected chi connectivity index (χ3v) is 6.64. The average molecular weight is 518 g/mol. The first-order valence-corrected chi connectivity index (χ1v) is 12.4. The van der Waals surface area contributed by atoms with Gasteiger partial charge in [0.25, 0.3) is 17.7 Å². The Labute approximate surface area is 216 Å². The number of nitrogens with zero attached hydrogens (tertiary/aromatic N) is 4. The molecule has 0 bridgehead atoms. The van der Waals surface area contributed by atoms with Crippen molar-refractivity contribution in [1.82, 2.24) is 20.0 Å². The molecule has 10 nitrogen and oxygen atoms in total. The number of piperazine rings is 1. The Morgan fingerprint density at radius 2 is 1.57 bits per heavy atom. The third-order valence-electron chi connectivity index (χ3n) is 5.74. The Balaban J connectivity index is 1.12. The van der Waals surface area contributed by atoms with Gasteiger partial charge in [-0.05, 0) is 48.5 Å². The number of anilines is 1. The monoisotopic (exact) mass is 517 g/mol. The van der Waals surface area contributed by atoms with E-state index in [2.05, 4.69) is 15.5 Å². The molecule has 1 N–H and O–H groups in total. The molecule has 5 rings (SSSR count). The van der Waals surface area contributed by atoms with E-state index in [0.29, 0.717) is 53.9 Å². The lowest BCUT2D eigenvalue weighted by Crippen LogP contribution is -2.50. The highest BCUT2D eigenvalue weighted by atomic mass is 32.1. The van der Waals surface area contributed by atoms with Crippen LogP contribution in [0.15, 0.2) is 77.4 Å². The SMILES string of the molecule is O=C(Nc1ccc(C(=O)N2CCN(C(=O)c3ccco3)CC2)cc1)c1nnc(COc2ccccc2)s1.